The predicted molar refractivity (Wildman–Crippen MR) is 61.5 cm³/mol. The van der Waals surface area contributed by atoms with Gasteiger partial charge in [0.1, 0.15) is 5.75 Å². The highest BCUT2D eigenvalue weighted by molar-refractivity contribution is 7.09. The summed E-state index contributed by atoms with van der Waals surface area (Å²) in [6.07, 6.45) is 4.19. The van der Waals surface area contributed by atoms with Crippen molar-refractivity contribution in [2.45, 2.75) is 12.8 Å². The van der Waals surface area contributed by atoms with Gasteiger partial charge in [0, 0.05) is 6.20 Å². The van der Waals surface area contributed by atoms with Gasteiger partial charge < -0.3 is 4.74 Å². The standard InChI is InChI=1S/C12H11NOS/c1-14-10-4-5-11-8(6-10)2-3-9-7-13-15-12(9)11/h4-7H,2-3H2,1H3. The van der Waals surface area contributed by atoms with Crippen LogP contribution in [-0.4, -0.2) is 11.5 Å². The van der Waals surface area contributed by atoms with Crippen molar-refractivity contribution in [2.75, 3.05) is 7.11 Å². The minimum Gasteiger partial charge on any atom is -0.497 e. The fourth-order valence-corrected chi connectivity index (χ4v) is 2.91. The van der Waals surface area contributed by atoms with Gasteiger partial charge in [-0.15, -0.1) is 0 Å². The molecule has 3 rings (SSSR count). The zero-order chi connectivity index (χ0) is 10.3. The van der Waals surface area contributed by atoms with E-state index in [2.05, 4.69) is 16.5 Å². The second kappa shape index (κ2) is 3.35. The molecule has 0 spiro atoms. The number of fused-ring (bicyclic) bond motifs is 3. The Labute approximate surface area is 92.7 Å². The summed E-state index contributed by atoms with van der Waals surface area (Å²) in [5.41, 5.74) is 4.10. The molecule has 0 saturated heterocycles. The van der Waals surface area contributed by atoms with Gasteiger partial charge in [0.2, 0.25) is 0 Å². The van der Waals surface area contributed by atoms with E-state index in [1.807, 2.05) is 12.3 Å². The van der Waals surface area contributed by atoms with Gasteiger partial charge in [-0.3, -0.25) is 0 Å². The molecule has 1 heterocycles. The molecule has 76 valence electrons. The molecular weight excluding hydrogens is 206 g/mol. The van der Waals surface area contributed by atoms with Crippen LogP contribution in [0.2, 0.25) is 0 Å². The molecular formula is C12H11NOS. The lowest BCUT2D eigenvalue weighted by Gasteiger charge is -2.16. The first-order chi connectivity index (χ1) is 7.38. The van der Waals surface area contributed by atoms with Crippen LogP contribution in [0, 0.1) is 0 Å². The van der Waals surface area contributed by atoms with Gasteiger partial charge in [-0.1, -0.05) is 0 Å². The summed E-state index contributed by atoms with van der Waals surface area (Å²) in [5, 5.41) is 0. The van der Waals surface area contributed by atoms with E-state index < -0.39 is 0 Å². The topological polar surface area (TPSA) is 22.1 Å². The smallest absolute Gasteiger partial charge is 0.119 e. The maximum absolute atomic E-state index is 5.24. The number of aromatic nitrogens is 1. The van der Waals surface area contributed by atoms with E-state index in [1.54, 1.807) is 18.6 Å². The summed E-state index contributed by atoms with van der Waals surface area (Å²) in [4.78, 5) is 1.33. The Morgan fingerprint density at radius 1 is 1.27 bits per heavy atom. The molecule has 1 aliphatic carbocycles. The molecule has 1 aromatic heterocycles. The van der Waals surface area contributed by atoms with Gasteiger partial charge >= 0.3 is 0 Å². The Morgan fingerprint density at radius 3 is 3.00 bits per heavy atom. The molecule has 0 amide bonds. The maximum Gasteiger partial charge on any atom is 0.119 e. The molecule has 0 aliphatic heterocycles. The zero-order valence-electron chi connectivity index (χ0n) is 8.49. The Bertz CT molecular complexity index is 504. The van der Waals surface area contributed by atoms with Crippen LogP contribution < -0.4 is 4.74 Å². The Morgan fingerprint density at radius 2 is 2.13 bits per heavy atom. The van der Waals surface area contributed by atoms with Crippen LogP contribution in [-0.2, 0) is 12.8 Å². The number of benzene rings is 1. The van der Waals surface area contributed by atoms with Crippen molar-refractivity contribution < 1.29 is 4.74 Å². The largest absolute Gasteiger partial charge is 0.497 e. The van der Waals surface area contributed by atoms with E-state index in [1.165, 1.54) is 21.6 Å². The molecule has 0 bridgehead atoms. The van der Waals surface area contributed by atoms with Crippen molar-refractivity contribution >= 4 is 11.5 Å². The van der Waals surface area contributed by atoms with Crippen molar-refractivity contribution in [3.8, 4) is 16.2 Å². The molecule has 1 aromatic carbocycles. The second-order valence-corrected chi connectivity index (χ2v) is 4.50. The number of ether oxygens (including phenoxy) is 1. The van der Waals surface area contributed by atoms with E-state index in [0.717, 1.165) is 18.6 Å². The quantitative estimate of drug-likeness (QED) is 0.732. The molecule has 1 aliphatic rings. The number of rotatable bonds is 1. The first-order valence-electron chi connectivity index (χ1n) is 4.99. The highest BCUT2D eigenvalue weighted by Gasteiger charge is 2.18. The van der Waals surface area contributed by atoms with E-state index in [0.29, 0.717) is 0 Å². The van der Waals surface area contributed by atoms with Crippen LogP contribution in [0.15, 0.2) is 24.4 Å². The van der Waals surface area contributed by atoms with Crippen molar-refractivity contribution in [3.05, 3.63) is 35.5 Å². The minimum atomic E-state index is 0.946. The van der Waals surface area contributed by atoms with Crippen molar-refractivity contribution in [2.24, 2.45) is 0 Å². The summed E-state index contributed by atoms with van der Waals surface area (Å²) < 4.78 is 9.49. The van der Waals surface area contributed by atoms with Crippen LogP contribution in [0.4, 0.5) is 0 Å². The van der Waals surface area contributed by atoms with Crippen molar-refractivity contribution in [1.29, 1.82) is 0 Å². The molecule has 0 saturated carbocycles. The van der Waals surface area contributed by atoms with Gasteiger partial charge in [0.15, 0.2) is 0 Å². The fourth-order valence-electron chi connectivity index (χ4n) is 2.05. The predicted octanol–water partition coefficient (Wildman–Crippen LogP) is 2.92. The zero-order valence-corrected chi connectivity index (χ0v) is 9.30. The van der Waals surface area contributed by atoms with E-state index in [4.69, 9.17) is 4.74 Å². The van der Waals surface area contributed by atoms with E-state index >= 15 is 0 Å². The highest BCUT2D eigenvalue weighted by atomic mass is 32.1. The summed E-state index contributed by atoms with van der Waals surface area (Å²) in [6.45, 7) is 0. The number of hydrogen-bond acceptors (Lipinski definition) is 3. The maximum atomic E-state index is 5.24. The number of nitrogens with zero attached hydrogens (tertiary/aromatic N) is 1. The molecule has 15 heavy (non-hydrogen) atoms. The lowest BCUT2D eigenvalue weighted by Crippen LogP contribution is -2.01. The lowest BCUT2D eigenvalue weighted by atomic mass is 9.92. The fraction of sp³-hybridized carbons (Fsp3) is 0.250. The van der Waals surface area contributed by atoms with Gasteiger partial charge in [-0.05, 0) is 59.3 Å². The molecule has 0 fully saturated rings. The lowest BCUT2D eigenvalue weighted by molar-refractivity contribution is 0.414. The molecule has 3 heteroatoms. The normalized spacial score (nSPS) is 13.1. The molecule has 0 atom stereocenters. The van der Waals surface area contributed by atoms with E-state index in [9.17, 15) is 0 Å². The third-order valence-electron chi connectivity index (χ3n) is 2.86. The first-order valence-corrected chi connectivity index (χ1v) is 5.76. The van der Waals surface area contributed by atoms with Gasteiger partial charge in [0.05, 0.1) is 12.0 Å². The Hall–Kier alpha value is -1.35. The molecule has 0 unspecified atom stereocenters. The monoisotopic (exact) mass is 217 g/mol. The first kappa shape index (κ1) is 8.92. The van der Waals surface area contributed by atoms with Crippen LogP contribution in [0.5, 0.6) is 5.75 Å². The van der Waals surface area contributed by atoms with Crippen molar-refractivity contribution in [1.82, 2.24) is 4.37 Å². The molecule has 2 aromatic rings. The van der Waals surface area contributed by atoms with Crippen LogP contribution in [0.1, 0.15) is 11.1 Å². The molecule has 2 nitrogen and oxygen atoms in total. The van der Waals surface area contributed by atoms with Crippen molar-refractivity contribution in [3.63, 3.8) is 0 Å². The average Bonchev–Trinajstić information content (AvgIpc) is 2.76. The SMILES string of the molecule is COc1ccc2c(c1)CCc1cnsc1-2. The third kappa shape index (κ3) is 1.35. The van der Waals surface area contributed by atoms with Gasteiger partial charge in [-0.2, -0.15) is 0 Å². The second-order valence-electron chi connectivity index (χ2n) is 3.70. The van der Waals surface area contributed by atoms with Crippen LogP contribution in [0.3, 0.4) is 0 Å². The Kier molecular flexibility index (Phi) is 1.99. The summed E-state index contributed by atoms with van der Waals surface area (Å²) in [7, 11) is 1.71. The number of methoxy groups -OCH3 is 1. The number of hydrogen-bond donors (Lipinski definition) is 0. The van der Waals surface area contributed by atoms with Gasteiger partial charge in [0.25, 0.3) is 0 Å². The average molecular weight is 217 g/mol. The summed E-state index contributed by atoms with van der Waals surface area (Å²) >= 11 is 1.59. The summed E-state index contributed by atoms with van der Waals surface area (Å²) in [6, 6.07) is 6.30. The van der Waals surface area contributed by atoms with E-state index in [-0.39, 0.29) is 0 Å². The number of aryl methyl sites for hydroxylation is 2. The molecule has 0 radical (unpaired) electrons. The van der Waals surface area contributed by atoms with Crippen LogP contribution in [0.25, 0.3) is 10.4 Å². The van der Waals surface area contributed by atoms with Gasteiger partial charge in [-0.25, -0.2) is 4.37 Å². The van der Waals surface area contributed by atoms with Crippen LogP contribution >= 0.6 is 11.5 Å². The Balaban J connectivity index is 2.18. The minimum absolute atomic E-state index is 0.946. The summed E-state index contributed by atoms with van der Waals surface area (Å²) in [5.74, 6) is 0.946. The molecule has 0 N–H and O–H groups in total. The highest BCUT2D eigenvalue weighted by Crippen LogP contribution is 2.37. The third-order valence-corrected chi connectivity index (χ3v) is 3.74.